The molecule has 2 aromatic rings. The summed E-state index contributed by atoms with van der Waals surface area (Å²) in [4.78, 5) is -0.334. The van der Waals surface area contributed by atoms with Gasteiger partial charge in [0.2, 0.25) is 10.0 Å². The first-order valence-corrected chi connectivity index (χ1v) is 7.72. The summed E-state index contributed by atoms with van der Waals surface area (Å²) >= 11 is 0. The molecule has 0 radical (unpaired) electrons. The van der Waals surface area contributed by atoms with E-state index in [0.717, 1.165) is 17.2 Å². The summed E-state index contributed by atoms with van der Waals surface area (Å²) < 4.78 is 40.4. The van der Waals surface area contributed by atoms with Gasteiger partial charge in [-0.05, 0) is 31.5 Å². The van der Waals surface area contributed by atoms with E-state index >= 15 is 0 Å². The van der Waals surface area contributed by atoms with Gasteiger partial charge in [-0.1, -0.05) is 42.0 Å². The van der Waals surface area contributed by atoms with Gasteiger partial charge in [-0.3, -0.25) is 0 Å². The highest BCUT2D eigenvalue weighted by molar-refractivity contribution is 7.89. The van der Waals surface area contributed by atoms with Gasteiger partial charge in [0, 0.05) is 6.04 Å². The molecule has 1 atom stereocenters. The fourth-order valence-electron chi connectivity index (χ4n) is 1.88. The number of nitrogens with one attached hydrogen (secondary N) is 1. The average molecular weight is 293 g/mol. The van der Waals surface area contributed by atoms with Crippen molar-refractivity contribution in [3.8, 4) is 0 Å². The minimum Gasteiger partial charge on any atom is -0.207 e. The molecule has 3 nitrogen and oxygen atoms in total. The fourth-order valence-corrected chi connectivity index (χ4v) is 3.19. The minimum atomic E-state index is -3.87. The topological polar surface area (TPSA) is 46.2 Å². The number of halogens is 1. The molecular formula is C15H16FNO2S. The molecule has 106 valence electrons. The quantitative estimate of drug-likeness (QED) is 0.941. The Morgan fingerprint density at radius 2 is 1.65 bits per heavy atom. The van der Waals surface area contributed by atoms with Gasteiger partial charge in [0.25, 0.3) is 0 Å². The Hall–Kier alpha value is -1.72. The van der Waals surface area contributed by atoms with Gasteiger partial charge in [-0.25, -0.2) is 17.5 Å². The lowest BCUT2D eigenvalue weighted by atomic mass is 10.1. The molecule has 0 heterocycles. The van der Waals surface area contributed by atoms with Crippen LogP contribution >= 0.6 is 0 Å². The second-order valence-electron chi connectivity index (χ2n) is 4.68. The van der Waals surface area contributed by atoms with E-state index in [-0.39, 0.29) is 4.90 Å². The molecule has 0 aliphatic carbocycles. The smallest absolute Gasteiger partial charge is 0.207 e. The van der Waals surface area contributed by atoms with Crippen LogP contribution in [0.15, 0.2) is 53.4 Å². The normalized spacial score (nSPS) is 13.2. The average Bonchev–Trinajstić information content (AvgIpc) is 2.39. The van der Waals surface area contributed by atoms with Crippen LogP contribution in [-0.4, -0.2) is 8.42 Å². The molecule has 0 amide bonds. The Bertz CT molecular complexity index is 696. The maximum absolute atomic E-state index is 13.6. The molecule has 0 aromatic heterocycles. The van der Waals surface area contributed by atoms with Crippen molar-refractivity contribution in [1.29, 1.82) is 0 Å². The van der Waals surface area contributed by atoms with Gasteiger partial charge in [0.05, 0.1) is 0 Å². The van der Waals surface area contributed by atoms with Crippen LogP contribution in [0, 0.1) is 12.7 Å². The van der Waals surface area contributed by atoms with Crippen LogP contribution in [0.2, 0.25) is 0 Å². The lowest BCUT2D eigenvalue weighted by Gasteiger charge is -2.15. The molecule has 0 aliphatic heterocycles. The third-order valence-corrected chi connectivity index (χ3v) is 4.61. The molecule has 1 unspecified atom stereocenters. The maximum Gasteiger partial charge on any atom is 0.244 e. The van der Waals surface area contributed by atoms with Gasteiger partial charge in [0.1, 0.15) is 10.7 Å². The summed E-state index contributed by atoms with van der Waals surface area (Å²) in [6.45, 7) is 3.68. The molecule has 0 aliphatic rings. The molecule has 2 rings (SSSR count). The van der Waals surface area contributed by atoms with E-state index in [1.54, 1.807) is 6.92 Å². The monoisotopic (exact) mass is 293 g/mol. The fraction of sp³-hybridized carbons (Fsp3) is 0.200. The number of aryl methyl sites for hydroxylation is 1. The van der Waals surface area contributed by atoms with Crippen LogP contribution in [0.3, 0.4) is 0 Å². The molecular weight excluding hydrogens is 277 g/mol. The van der Waals surface area contributed by atoms with Crippen LogP contribution in [0.25, 0.3) is 0 Å². The van der Waals surface area contributed by atoms with Crippen molar-refractivity contribution in [2.45, 2.75) is 24.8 Å². The van der Waals surface area contributed by atoms with E-state index < -0.39 is 21.9 Å². The second-order valence-corrected chi connectivity index (χ2v) is 6.37. The van der Waals surface area contributed by atoms with Crippen molar-refractivity contribution >= 4 is 10.0 Å². The zero-order valence-corrected chi connectivity index (χ0v) is 12.1. The summed E-state index contributed by atoms with van der Waals surface area (Å²) in [5.74, 6) is -0.754. The first kappa shape index (κ1) is 14.7. The first-order valence-electron chi connectivity index (χ1n) is 6.23. The lowest BCUT2D eigenvalue weighted by molar-refractivity contribution is 0.547. The van der Waals surface area contributed by atoms with E-state index in [1.807, 2.05) is 31.2 Å². The second kappa shape index (κ2) is 5.73. The number of benzene rings is 2. The number of sulfonamides is 1. The van der Waals surface area contributed by atoms with Gasteiger partial charge in [0.15, 0.2) is 0 Å². The number of rotatable bonds is 4. The van der Waals surface area contributed by atoms with Crippen molar-refractivity contribution in [2.24, 2.45) is 0 Å². The third kappa shape index (κ3) is 3.23. The molecule has 5 heteroatoms. The van der Waals surface area contributed by atoms with Crippen LogP contribution in [-0.2, 0) is 10.0 Å². The van der Waals surface area contributed by atoms with Crippen molar-refractivity contribution in [2.75, 3.05) is 0 Å². The van der Waals surface area contributed by atoms with E-state index in [9.17, 15) is 12.8 Å². The zero-order chi connectivity index (χ0) is 14.8. The highest BCUT2D eigenvalue weighted by Gasteiger charge is 2.21. The molecule has 0 spiro atoms. The first-order chi connectivity index (χ1) is 9.40. The number of hydrogen-bond acceptors (Lipinski definition) is 2. The molecule has 1 N–H and O–H groups in total. The van der Waals surface area contributed by atoms with E-state index in [4.69, 9.17) is 0 Å². The predicted molar refractivity (Wildman–Crippen MR) is 76.3 cm³/mol. The van der Waals surface area contributed by atoms with Crippen molar-refractivity contribution < 1.29 is 12.8 Å². The Kier molecular flexibility index (Phi) is 4.20. The van der Waals surface area contributed by atoms with Gasteiger partial charge >= 0.3 is 0 Å². The Morgan fingerprint density at radius 1 is 1.05 bits per heavy atom. The third-order valence-electron chi connectivity index (χ3n) is 3.04. The van der Waals surface area contributed by atoms with Gasteiger partial charge < -0.3 is 0 Å². The van der Waals surface area contributed by atoms with Crippen LogP contribution < -0.4 is 4.72 Å². The van der Waals surface area contributed by atoms with E-state index in [2.05, 4.69) is 4.72 Å². The zero-order valence-electron chi connectivity index (χ0n) is 11.3. The maximum atomic E-state index is 13.6. The predicted octanol–water partition coefficient (Wildman–Crippen LogP) is 3.17. The summed E-state index contributed by atoms with van der Waals surface area (Å²) in [7, 11) is -3.87. The van der Waals surface area contributed by atoms with E-state index in [0.29, 0.717) is 0 Å². The summed E-state index contributed by atoms with van der Waals surface area (Å²) in [6, 6.07) is 12.4. The highest BCUT2D eigenvalue weighted by atomic mass is 32.2. The van der Waals surface area contributed by atoms with Crippen LogP contribution in [0.1, 0.15) is 24.1 Å². The Labute approximate surface area is 118 Å². The lowest BCUT2D eigenvalue weighted by Crippen LogP contribution is -2.27. The van der Waals surface area contributed by atoms with E-state index in [1.165, 1.54) is 18.2 Å². The summed E-state index contributed by atoms with van der Waals surface area (Å²) in [5, 5.41) is 0. The van der Waals surface area contributed by atoms with Crippen molar-refractivity contribution in [3.05, 3.63) is 65.5 Å². The molecule has 0 saturated carbocycles. The summed E-state index contributed by atoms with van der Waals surface area (Å²) in [5.41, 5.74) is 1.92. The SMILES string of the molecule is Cc1ccc(C(C)NS(=O)(=O)c2ccccc2F)cc1. The standard InChI is InChI=1S/C15H16FNO2S/c1-11-7-9-13(10-8-11)12(2)17-20(18,19)15-6-4-3-5-14(15)16/h3-10,12,17H,1-2H3. The summed E-state index contributed by atoms with van der Waals surface area (Å²) in [6.07, 6.45) is 0. The molecule has 0 bridgehead atoms. The largest absolute Gasteiger partial charge is 0.244 e. The molecule has 20 heavy (non-hydrogen) atoms. The Balaban J connectivity index is 2.24. The molecule has 2 aromatic carbocycles. The molecule has 0 fully saturated rings. The van der Waals surface area contributed by atoms with Crippen molar-refractivity contribution in [3.63, 3.8) is 0 Å². The number of hydrogen-bond donors (Lipinski definition) is 1. The molecule has 0 saturated heterocycles. The highest BCUT2D eigenvalue weighted by Crippen LogP contribution is 2.19. The Morgan fingerprint density at radius 3 is 2.25 bits per heavy atom. The van der Waals surface area contributed by atoms with Gasteiger partial charge in [-0.2, -0.15) is 0 Å². The minimum absolute atomic E-state index is 0.334. The van der Waals surface area contributed by atoms with Gasteiger partial charge in [-0.15, -0.1) is 0 Å². The van der Waals surface area contributed by atoms with Crippen LogP contribution in [0.4, 0.5) is 4.39 Å². The van der Waals surface area contributed by atoms with Crippen molar-refractivity contribution in [1.82, 2.24) is 4.72 Å². The van der Waals surface area contributed by atoms with Crippen LogP contribution in [0.5, 0.6) is 0 Å².